The molecule has 0 unspecified atom stereocenters. The van der Waals surface area contributed by atoms with Gasteiger partial charge in [-0.05, 0) is 62.1 Å². The van der Waals surface area contributed by atoms with E-state index in [9.17, 15) is 4.79 Å². The van der Waals surface area contributed by atoms with Crippen molar-refractivity contribution in [3.05, 3.63) is 58.0 Å². The molecule has 0 N–H and O–H groups in total. The zero-order valence-electron chi connectivity index (χ0n) is 12.4. The molecule has 0 aliphatic rings. The predicted molar refractivity (Wildman–Crippen MR) is 84.6 cm³/mol. The van der Waals surface area contributed by atoms with Crippen LogP contribution in [0.15, 0.2) is 28.9 Å². The average Bonchev–Trinajstić information content (AvgIpc) is 2.90. The van der Waals surface area contributed by atoms with Crippen LogP contribution in [-0.2, 0) is 5.75 Å². The molecule has 2 rings (SSSR count). The van der Waals surface area contributed by atoms with E-state index in [2.05, 4.69) is 19.9 Å². The second kappa shape index (κ2) is 6.31. The van der Waals surface area contributed by atoms with Crippen molar-refractivity contribution in [1.82, 2.24) is 0 Å². The van der Waals surface area contributed by atoms with Gasteiger partial charge in [-0.15, -0.1) is 11.8 Å². The van der Waals surface area contributed by atoms with Crippen molar-refractivity contribution in [3.63, 3.8) is 0 Å². The van der Waals surface area contributed by atoms with Crippen molar-refractivity contribution in [1.29, 1.82) is 0 Å². The molecule has 1 aromatic carbocycles. The van der Waals surface area contributed by atoms with E-state index in [1.807, 2.05) is 26.0 Å². The molecule has 20 heavy (non-hydrogen) atoms. The summed E-state index contributed by atoms with van der Waals surface area (Å²) in [6, 6.07) is 5.96. The number of benzene rings is 1. The Morgan fingerprint density at radius 1 is 1.15 bits per heavy atom. The quantitative estimate of drug-likeness (QED) is 0.751. The Kier molecular flexibility index (Phi) is 4.71. The van der Waals surface area contributed by atoms with E-state index in [1.54, 1.807) is 18.0 Å². The van der Waals surface area contributed by atoms with Gasteiger partial charge in [0.25, 0.3) is 0 Å². The Labute approximate surface area is 124 Å². The van der Waals surface area contributed by atoms with Crippen LogP contribution in [-0.4, -0.2) is 11.5 Å². The number of hydrogen-bond donors (Lipinski definition) is 0. The summed E-state index contributed by atoms with van der Waals surface area (Å²) in [5.74, 6) is 2.35. The van der Waals surface area contributed by atoms with Crippen LogP contribution in [0.3, 0.4) is 0 Å². The Morgan fingerprint density at radius 2 is 1.80 bits per heavy atom. The molecule has 2 aromatic rings. The van der Waals surface area contributed by atoms with Crippen molar-refractivity contribution in [2.75, 3.05) is 5.75 Å². The van der Waals surface area contributed by atoms with E-state index in [0.29, 0.717) is 5.75 Å². The number of Topliss-reactive ketones (excluding diaryl/α,β-unsaturated/α-hetero) is 1. The summed E-state index contributed by atoms with van der Waals surface area (Å²) in [5.41, 5.74) is 5.49. The molecule has 106 valence electrons. The minimum absolute atomic E-state index is 0.211. The predicted octanol–water partition coefficient (Wildman–Crippen LogP) is 4.63. The van der Waals surface area contributed by atoms with Gasteiger partial charge in [0.2, 0.25) is 0 Å². The number of aryl methyl sites for hydroxylation is 2. The number of ketones is 1. The van der Waals surface area contributed by atoms with Gasteiger partial charge < -0.3 is 4.42 Å². The average molecular weight is 288 g/mol. The van der Waals surface area contributed by atoms with Gasteiger partial charge in [-0.2, -0.15) is 0 Å². The van der Waals surface area contributed by atoms with Crippen LogP contribution < -0.4 is 0 Å². The second-order valence-electron chi connectivity index (χ2n) is 5.13. The van der Waals surface area contributed by atoms with E-state index in [0.717, 1.165) is 28.2 Å². The van der Waals surface area contributed by atoms with Crippen LogP contribution in [0, 0.1) is 27.7 Å². The van der Waals surface area contributed by atoms with Gasteiger partial charge in [0.1, 0.15) is 5.76 Å². The molecular formula is C17H20O2S. The van der Waals surface area contributed by atoms with Gasteiger partial charge in [0.05, 0.1) is 17.8 Å². The zero-order valence-corrected chi connectivity index (χ0v) is 13.3. The van der Waals surface area contributed by atoms with Gasteiger partial charge in [-0.25, -0.2) is 0 Å². The Hall–Kier alpha value is -1.48. The number of rotatable bonds is 5. The van der Waals surface area contributed by atoms with Crippen molar-refractivity contribution in [2.24, 2.45) is 0 Å². The van der Waals surface area contributed by atoms with Gasteiger partial charge in [0.15, 0.2) is 5.78 Å². The Bertz CT molecular complexity index is 586. The Balaban J connectivity index is 2.09. The van der Waals surface area contributed by atoms with E-state index >= 15 is 0 Å². The van der Waals surface area contributed by atoms with Crippen molar-refractivity contribution in [2.45, 2.75) is 33.4 Å². The summed E-state index contributed by atoms with van der Waals surface area (Å²) in [6.07, 6.45) is 1.66. The SMILES string of the molecule is Cc1cc(C)c(C)c(C(=O)CSCc2ccco2)c1C. The minimum atomic E-state index is 0.211. The third-order valence-corrected chi connectivity index (χ3v) is 4.66. The van der Waals surface area contributed by atoms with Crippen LogP contribution >= 0.6 is 11.8 Å². The summed E-state index contributed by atoms with van der Waals surface area (Å²) in [6.45, 7) is 8.20. The van der Waals surface area contributed by atoms with Crippen LogP contribution in [0.5, 0.6) is 0 Å². The highest BCUT2D eigenvalue weighted by Gasteiger charge is 2.15. The molecule has 0 fully saturated rings. The van der Waals surface area contributed by atoms with E-state index in [4.69, 9.17) is 4.42 Å². The smallest absolute Gasteiger partial charge is 0.173 e. The van der Waals surface area contributed by atoms with Gasteiger partial charge >= 0.3 is 0 Å². The molecular weight excluding hydrogens is 268 g/mol. The number of carbonyl (C=O) groups excluding carboxylic acids is 1. The topological polar surface area (TPSA) is 30.2 Å². The lowest BCUT2D eigenvalue weighted by Crippen LogP contribution is -2.10. The van der Waals surface area contributed by atoms with Crippen molar-refractivity contribution >= 4 is 17.5 Å². The highest BCUT2D eigenvalue weighted by Crippen LogP contribution is 2.24. The molecule has 0 saturated carbocycles. The standard InChI is InChI=1S/C17H20O2S/c1-11-8-12(2)14(4)17(13(11)3)16(18)10-20-9-15-6-5-7-19-15/h5-8H,9-10H2,1-4H3. The van der Waals surface area contributed by atoms with E-state index in [1.165, 1.54) is 11.1 Å². The van der Waals surface area contributed by atoms with E-state index in [-0.39, 0.29) is 5.78 Å². The second-order valence-corrected chi connectivity index (χ2v) is 6.12. The largest absolute Gasteiger partial charge is 0.468 e. The molecule has 1 aromatic heterocycles. The molecule has 3 heteroatoms. The number of hydrogen-bond acceptors (Lipinski definition) is 3. The van der Waals surface area contributed by atoms with Gasteiger partial charge in [0, 0.05) is 5.56 Å². The van der Waals surface area contributed by atoms with E-state index < -0.39 is 0 Å². The summed E-state index contributed by atoms with van der Waals surface area (Å²) < 4.78 is 5.27. The lowest BCUT2D eigenvalue weighted by Gasteiger charge is -2.14. The first-order valence-electron chi connectivity index (χ1n) is 6.71. The monoisotopic (exact) mass is 288 g/mol. The van der Waals surface area contributed by atoms with Gasteiger partial charge in [-0.1, -0.05) is 6.07 Å². The van der Waals surface area contributed by atoms with Crippen LogP contribution in [0.25, 0.3) is 0 Å². The first kappa shape index (κ1) is 14.9. The maximum Gasteiger partial charge on any atom is 0.173 e. The maximum absolute atomic E-state index is 12.5. The highest BCUT2D eigenvalue weighted by molar-refractivity contribution is 7.99. The van der Waals surface area contributed by atoms with Crippen molar-refractivity contribution < 1.29 is 9.21 Å². The molecule has 0 radical (unpaired) electrons. The third kappa shape index (κ3) is 3.15. The first-order valence-corrected chi connectivity index (χ1v) is 7.87. The summed E-state index contributed by atoms with van der Waals surface area (Å²) in [5, 5.41) is 0. The third-order valence-electron chi connectivity index (χ3n) is 3.70. The summed E-state index contributed by atoms with van der Waals surface area (Å²) >= 11 is 1.60. The van der Waals surface area contributed by atoms with Crippen LogP contribution in [0.1, 0.15) is 38.4 Å². The Morgan fingerprint density at radius 3 is 2.35 bits per heavy atom. The zero-order chi connectivity index (χ0) is 14.7. The molecule has 0 atom stereocenters. The molecule has 0 saturated heterocycles. The number of thioether (sulfide) groups is 1. The molecule has 0 spiro atoms. The van der Waals surface area contributed by atoms with Crippen molar-refractivity contribution in [3.8, 4) is 0 Å². The van der Waals surface area contributed by atoms with Crippen LogP contribution in [0.4, 0.5) is 0 Å². The fraction of sp³-hybridized carbons (Fsp3) is 0.353. The summed E-state index contributed by atoms with van der Waals surface area (Å²) in [7, 11) is 0. The first-order chi connectivity index (χ1) is 9.50. The van der Waals surface area contributed by atoms with Crippen LogP contribution in [0.2, 0.25) is 0 Å². The molecule has 0 aliphatic carbocycles. The number of furan rings is 1. The lowest BCUT2D eigenvalue weighted by molar-refractivity contribution is 0.102. The lowest BCUT2D eigenvalue weighted by atomic mass is 9.92. The molecule has 0 aliphatic heterocycles. The molecule has 2 nitrogen and oxygen atoms in total. The maximum atomic E-state index is 12.5. The summed E-state index contributed by atoms with van der Waals surface area (Å²) in [4.78, 5) is 12.5. The fourth-order valence-electron chi connectivity index (χ4n) is 2.35. The van der Waals surface area contributed by atoms with Gasteiger partial charge in [-0.3, -0.25) is 4.79 Å². The number of carbonyl (C=O) groups is 1. The molecule has 1 heterocycles. The normalized spacial score (nSPS) is 10.8. The highest BCUT2D eigenvalue weighted by atomic mass is 32.2. The fourth-order valence-corrected chi connectivity index (χ4v) is 3.14. The molecule has 0 bridgehead atoms. The molecule has 0 amide bonds. The minimum Gasteiger partial charge on any atom is -0.468 e.